The zero-order valence-electron chi connectivity index (χ0n) is 15.1. The van der Waals surface area contributed by atoms with E-state index in [4.69, 9.17) is 9.26 Å². The maximum atomic E-state index is 13.7. The topological polar surface area (TPSA) is 81.4 Å². The van der Waals surface area contributed by atoms with Crippen LogP contribution in [-0.2, 0) is 6.61 Å². The fraction of sp³-hybridized carbons (Fsp3) is 0.150. The second kappa shape index (κ2) is 7.99. The number of anilines is 1. The Morgan fingerprint density at radius 2 is 1.86 bits per heavy atom. The standard InChI is InChI=1S/C20H16F2N2O4/c1-11(25)13-3-6-15(7-4-13)23-20(26)19-16(12(2)28-24-19)10-27-18-8-5-14(21)9-17(18)22/h3-9H,10H2,1-2H3,(H,23,26). The monoisotopic (exact) mass is 386 g/mol. The SMILES string of the molecule is CC(=O)c1ccc(NC(=O)c2noc(C)c2COc2ccc(F)cc2F)cc1. The Morgan fingerprint density at radius 1 is 1.14 bits per heavy atom. The van der Waals surface area contributed by atoms with Gasteiger partial charge in [0, 0.05) is 17.3 Å². The van der Waals surface area contributed by atoms with Gasteiger partial charge in [0.1, 0.15) is 18.2 Å². The van der Waals surface area contributed by atoms with Gasteiger partial charge in [-0.1, -0.05) is 5.16 Å². The van der Waals surface area contributed by atoms with Crippen molar-refractivity contribution in [2.24, 2.45) is 0 Å². The summed E-state index contributed by atoms with van der Waals surface area (Å²) in [6.07, 6.45) is 0. The molecule has 1 heterocycles. The van der Waals surface area contributed by atoms with E-state index in [-0.39, 0.29) is 23.8 Å². The molecule has 0 radical (unpaired) electrons. The summed E-state index contributed by atoms with van der Waals surface area (Å²) < 4.78 is 37.1. The van der Waals surface area contributed by atoms with Gasteiger partial charge in [0.2, 0.25) is 0 Å². The van der Waals surface area contributed by atoms with Gasteiger partial charge in [-0.3, -0.25) is 9.59 Å². The molecular weight excluding hydrogens is 370 g/mol. The molecule has 0 atom stereocenters. The summed E-state index contributed by atoms with van der Waals surface area (Å²) in [5.41, 5.74) is 1.30. The highest BCUT2D eigenvalue weighted by atomic mass is 19.1. The summed E-state index contributed by atoms with van der Waals surface area (Å²) in [5, 5.41) is 6.37. The van der Waals surface area contributed by atoms with Gasteiger partial charge in [-0.05, 0) is 50.2 Å². The lowest BCUT2D eigenvalue weighted by Crippen LogP contribution is -2.15. The van der Waals surface area contributed by atoms with E-state index in [2.05, 4.69) is 10.5 Å². The van der Waals surface area contributed by atoms with Crippen LogP contribution in [0.1, 0.15) is 39.1 Å². The highest BCUT2D eigenvalue weighted by molar-refractivity contribution is 6.04. The number of carbonyl (C=O) groups is 2. The van der Waals surface area contributed by atoms with Gasteiger partial charge in [-0.15, -0.1) is 0 Å². The molecule has 0 saturated heterocycles. The normalized spacial score (nSPS) is 10.6. The van der Waals surface area contributed by atoms with Gasteiger partial charge in [0.25, 0.3) is 5.91 Å². The van der Waals surface area contributed by atoms with Crippen molar-refractivity contribution in [3.63, 3.8) is 0 Å². The smallest absolute Gasteiger partial charge is 0.278 e. The molecule has 8 heteroatoms. The minimum absolute atomic E-state index is 0.0179. The lowest BCUT2D eigenvalue weighted by molar-refractivity contribution is 0.101. The Morgan fingerprint density at radius 3 is 2.50 bits per heavy atom. The molecule has 3 rings (SSSR count). The largest absolute Gasteiger partial charge is 0.486 e. The van der Waals surface area contributed by atoms with Crippen LogP contribution in [0.5, 0.6) is 5.75 Å². The molecule has 0 fully saturated rings. The number of nitrogens with one attached hydrogen (secondary N) is 1. The lowest BCUT2D eigenvalue weighted by atomic mass is 10.1. The number of benzene rings is 2. The third kappa shape index (κ3) is 4.22. The fourth-order valence-corrected chi connectivity index (χ4v) is 2.46. The maximum Gasteiger partial charge on any atom is 0.278 e. The van der Waals surface area contributed by atoms with E-state index in [0.29, 0.717) is 28.6 Å². The molecule has 0 unspecified atom stereocenters. The third-order valence-electron chi connectivity index (χ3n) is 4.01. The Balaban J connectivity index is 1.74. The Kier molecular flexibility index (Phi) is 5.49. The summed E-state index contributed by atoms with van der Waals surface area (Å²) in [6.45, 7) is 2.84. The van der Waals surface area contributed by atoms with Crippen molar-refractivity contribution in [1.29, 1.82) is 0 Å². The van der Waals surface area contributed by atoms with Gasteiger partial charge in [-0.2, -0.15) is 0 Å². The highest BCUT2D eigenvalue weighted by Crippen LogP contribution is 2.22. The number of aromatic nitrogens is 1. The van der Waals surface area contributed by atoms with E-state index < -0.39 is 17.5 Å². The highest BCUT2D eigenvalue weighted by Gasteiger charge is 2.21. The van der Waals surface area contributed by atoms with E-state index in [1.54, 1.807) is 31.2 Å². The molecule has 0 saturated carbocycles. The van der Waals surface area contributed by atoms with Crippen molar-refractivity contribution in [2.75, 3.05) is 5.32 Å². The molecule has 0 bridgehead atoms. The number of nitrogens with zero attached hydrogens (tertiary/aromatic N) is 1. The summed E-state index contributed by atoms with van der Waals surface area (Å²) in [5.74, 6) is -2.04. The first-order valence-electron chi connectivity index (χ1n) is 8.30. The van der Waals surface area contributed by atoms with Gasteiger partial charge in [-0.25, -0.2) is 8.78 Å². The summed E-state index contributed by atoms with van der Waals surface area (Å²) >= 11 is 0. The average molecular weight is 386 g/mol. The molecule has 1 N–H and O–H groups in total. The van der Waals surface area contributed by atoms with E-state index in [9.17, 15) is 18.4 Å². The number of amides is 1. The fourth-order valence-electron chi connectivity index (χ4n) is 2.46. The van der Waals surface area contributed by atoms with Crippen LogP contribution in [0.4, 0.5) is 14.5 Å². The van der Waals surface area contributed by atoms with E-state index >= 15 is 0 Å². The Hall–Kier alpha value is -3.55. The molecule has 1 amide bonds. The predicted octanol–water partition coefficient (Wildman–Crippen LogP) is 4.30. The number of aryl methyl sites for hydroxylation is 1. The summed E-state index contributed by atoms with van der Waals surface area (Å²) in [7, 11) is 0. The molecule has 1 aromatic heterocycles. The maximum absolute atomic E-state index is 13.7. The van der Waals surface area contributed by atoms with Crippen LogP contribution in [0.15, 0.2) is 47.0 Å². The molecule has 0 spiro atoms. The van der Waals surface area contributed by atoms with Gasteiger partial charge >= 0.3 is 0 Å². The summed E-state index contributed by atoms with van der Waals surface area (Å²) in [4.78, 5) is 23.8. The van der Waals surface area contributed by atoms with E-state index in [1.807, 2.05) is 0 Å². The molecule has 0 aliphatic rings. The van der Waals surface area contributed by atoms with Crippen LogP contribution in [0.2, 0.25) is 0 Å². The number of Topliss-reactive ketones (excluding diaryl/α,β-unsaturated/α-hetero) is 1. The van der Waals surface area contributed by atoms with Crippen molar-refractivity contribution in [2.45, 2.75) is 20.5 Å². The lowest BCUT2D eigenvalue weighted by Gasteiger charge is -2.08. The number of ketones is 1. The van der Waals surface area contributed by atoms with Gasteiger partial charge in [0.05, 0.1) is 5.56 Å². The molecule has 0 aliphatic heterocycles. The molecule has 2 aromatic carbocycles. The van der Waals surface area contributed by atoms with E-state index in [0.717, 1.165) is 12.1 Å². The number of halogens is 2. The third-order valence-corrected chi connectivity index (χ3v) is 4.01. The number of rotatable bonds is 6. The molecule has 28 heavy (non-hydrogen) atoms. The van der Waals surface area contributed by atoms with Crippen LogP contribution in [0.25, 0.3) is 0 Å². The van der Waals surface area contributed by atoms with Crippen LogP contribution in [0, 0.1) is 18.6 Å². The first-order valence-corrected chi connectivity index (χ1v) is 8.30. The zero-order chi connectivity index (χ0) is 20.3. The number of ether oxygens (including phenoxy) is 1. The van der Waals surface area contributed by atoms with Crippen LogP contribution in [0.3, 0.4) is 0 Å². The van der Waals surface area contributed by atoms with Crippen molar-refractivity contribution in [3.05, 3.63) is 76.7 Å². The minimum atomic E-state index is -0.856. The number of hydrogen-bond acceptors (Lipinski definition) is 5. The molecule has 3 aromatic rings. The Bertz CT molecular complexity index is 1030. The predicted molar refractivity (Wildman–Crippen MR) is 96.3 cm³/mol. The first-order chi connectivity index (χ1) is 13.3. The van der Waals surface area contributed by atoms with E-state index in [1.165, 1.54) is 6.92 Å². The quantitative estimate of drug-likeness (QED) is 0.639. The van der Waals surface area contributed by atoms with Gasteiger partial charge in [0.15, 0.2) is 23.0 Å². The van der Waals surface area contributed by atoms with Crippen molar-refractivity contribution < 1.29 is 27.6 Å². The first kappa shape index (κ1) is 19.2. The average Bonchev–Trinajstić information content (AvgIpc) is 3.02. The number of carbonyl (C=O) groups excluding carboxylic acids is 2. The second-order valence-corrected chi connectivity index (χ2v) is 6.02. The van der Waals surface area contributed by atoms with Crippen molar-refractivity contribution in [1.82, 2.24) is 5.16 Å². The second-order valence-electron chi connectivity index (χ2n) is 6.02. The zero-order valence-corrected chi connectivity index (χ0v) is 15.1. The molecule has 6 nitrogen and oxygen atoms in total. The van der Waals surface area contributed by atoms with Gasteiger partial charge < -0.3 is 14.6 Å². The Labute approximate surface area is 159 Å². The summed E-state index contributed by atoms with van der Waals surface area (Å²) in [6, 6.07) is 9.28. The van der Waals surface area contributed by atoms with Crippen molar-refractivity contribution >= 4 is 17.4 Å². The van der Waals surface area contributed by atoms with Crippen LogP contribution in [-0.4, -0.2) is 16.8 Å². The van der Waals surface area contributed by atoms with Crippen molar-refractivity contribution in [3.8, 4) is 5.75 Å². The van der Waals surface area contributed by atoms with Crippen LogP contribution < -0.4 is 10.1 Å². The van der Waals surface area contributed by atoms with Crippen LogP contribution >= 0.6 is 0 Å². The molecular formula is C20H16F2N2O4. The molecule has 0 aliphatic carbocycles. The molecule has 144 valence electrons. The minimum Gasteiger partial charge on any atom is -0.486 e. The number of hydrogen-bond donors (Lipinski definition) is 1.